The summed E-state index contributed by atoms with van der Waals surface area (Å²) in [5.41, 5.74) is 6.26. The van der Waals surface area contributed by atoms with Crippen molar-refractivity contribution in [1.82, 2.24) is 0 Å². The highest BCUT2D eigenvalue weighted by Gasteiger charge is 2.25. The lowest BCUT2D eigenvalue weighted by molar-refractivity contribution is 0.00835. The largest absolute Gasteiger partial charge is 0.380 e. The van der Waals surface area contributed by atoms with Crippen molar-refractivity contribution in [2.45, 2.75) is 5.92 Å². The van der Waals surface area contributed by atoms with Crippen LogP contribution in [0, 0.1) is 0 Å². The maximum atomic E-state index is 10.9. The number of carbonyl (C=O) groups is 1. The number of thiophene rings is 1. The van der Waals surface area contributed by atoms with Crippen LogP contribution in [-0.2, 0) is 4.74 Å². The van der Waals surface area contributed by atoms with Crippen LogP contribution in [-0.4, -0.2) is 19.1 Å². The Morgan fingerprint density at radius 3 is 2.92 bits per heavy atom. The third-order valence-corrected chi connectivity index (χ3v) is 2.94. The molecule has 0 bridgehead atoms. The van der Waals surface area contributed by atoms with Gasteiger partial charge in [0, 0.05) is 5.92 Å². The highest BCUT2D eigenvalue weighted by Crippen LogP contribution is 2.29. The molecule has 0 aromatic carbocycles. The van der Waals surface area contributed by atoms with E-state index in [1.54, 1.807) is 0 Å². The zero-order chi connectivity index (χ0) is 8.55. The van der Waals surface area contributed by atoms with Crippen LogP contribution in [0.4, 0.5) is 0 Å². The number of amides is 1. The van der Waals surface area contributed by atoms with Gasteiger partial charge in [0.1, 0.15) is 0 Å². The van der Waals surface area contributed by atoms with Crippen LogP contribution in [0.15, 0.2) is 11.4 Å². The van der Waals surface area contributed by atoms with E-state index >= 15 is 0 Å². The lowest BCUT2D eigenvalue weighted by atomic mass is 9.98. The van der Waals surface area contributed by atoms with Crippen molar-refractivity contribution in [3.05, 3.63) is 21.9 Å². The summed E-state index contributed by atoms with van der Waals surface area (Å²) >= 11 is 1.41. The van der Waals surface area contributed by atoms with Crippen LogP contribution in [0.3, 0.4) is 0 Å². The Morgan fingerprint density at radius 1 is 1.67 bits per heavy atom. The van der Waals surface area contributed by atoms with Crippen LogP contribution >= 0.6 is 11.3 Å². The van der Waals surface area contributed by atoms with Gasteiger partial charge in [-0.15, -0.1) is 11.3 Å². The van der Waals surface area contributed by atoms with E-state index in [0.717, 1.165) is 18.8 Å². The molecule has 1 aliphatic heterocycles. The first-order valence-corrected chi connectivity index (χ1v) is 4.62. The minimum absolute atomic E-state index is 0.327. The van der Waals surface area contributed by atoms with Gasteiger partial charge in [0.05, 0.1) is 18.1 Å². The zero-order valence-electron chi connectivity index (χ0n) is 6.45. The summed E-state index contributed by atoms with van der Waals surface area (Å²) in [5.74, 6) is 0.0608. The molecular weight excluding hydrogens is 174 g/mol. The molecule has 4 heteroatoms. The second-order valence-electron chi connectivity index (χ2n) is 2.80. The number of hydrogen-bond donors (Lipinski definition) is 1. The quantitative estimate of drug-likeness (QED) is 0.742. The molecule has 12 heavy (non-hydrogen) atoms. The molecule has 0 atom stereocenters. The summed E-state index contributed by atoms with van der Waals surface area (Å²) in [7, 11) is 0. The average molecular weight is 183 g/mol. The zero-order valence-corrected chi connectivity index (χ0v) is 7.26. The minimum atomic E-state index is -0.327. The fraction of sp³-hybridized carbons (Fsp3) is 0.375. The van der Waals surface area contributed by atoms with Gasteiger partial charge in [-0.25, -0.2) is 0 Å². The molecule has 0 radical (unpaired) electrons. The van der Waals surface area contributed by atoms with Crippen molar-refractivity contribution >= 4 is 17.2 Å². The van der Waals surface area contributed by atoms with Gasteiger partial charge in [-0.2, -0.15) is 0 Å². The van der Waals surface area contributed by atoms with Crippen molar-refractivity contribution in [3.8, 4) is 0 Å². The molecule has 1 aliphatic rings. The van der Waals surface area contributed by atoms with Crippen molar-refractivity contribution < 1.29 is 9.53 Å². The number of primary amides is 1. The Bertz CT molecular complexity index is 304. The Hall–Kier alpha value is -0.870. The molecule has 1 saturated heterocycles. The highest BCUT2D eigenvalue weighted by molar-refractivity contribution is 7.12. The molecule has 2 N–H and O–H groups in total. The first-order valence-electron chi connectivity index (χ1n) is 3.74. The van der Waals surface area contributed by atoms with E-state index in [0.29, 0.717) is 10.8 Å². The second kappa shape index (κ2) is 2.88. The van der Waals surface area contributed by atoms with Gasteiger partial charge in [-0.05, 0) is 17.0 Å². The van der Waals surface area contributed by atoms with Crippen LogP contribution in [0.5, 0.6) is 0 Å². The van der Waals surface area contributed by atoms with E-state index in [-0.39, 0.29) is 5.91 Å². The Labute approximate surface area is 74.1 Å². The molecular formula is C8H9NO2S. The smallest absolute Gasteiger partial charge is 0.259 e. The van der Waals surface area contributed by atoms with Crippen LogP contribution in [0.1, 0.15) is 21.2 Å². The van der Waals surface area contributed by atoms with E-state index in [1.807, 2.05) is 11.4 Å². The summed E-state index contributed by atoms with van der Waals surface area (Å²) in [4.78, 5) is 11.6. The fourth-order valence-electron chi connectivity index (χ4n) is 1.26. The van der Waals surface area contributed by atoms with Gasteiger partial charge in [-0.1, -0.05) is 0 Å². The van der Waals surface area contributed by atoms with Crippen molar-refractivity contribution in [2.75, 3.05) is 13.2 Å². The molecule has 2 heterocycles. The predicted octanol–water partition coefficient (Wildman–Crippen LogP) is 0.961. The molecule has 1 aromatic heterocycles. The normalized spacial score (nSPS) is 17.3. The van der Waals surface area contributed by atoms with Crippen molar-refractivity contribution in [2.24, 2.45) is 5.73 Å². The van der Waals surface area contributed by atoms with E-state index in [2.05, 4.69) is 0 Å². The number of rotatable bonds is 2. The molecule has 0 aliphatic carbocycles. The van der Waals surface area contributed by atoms with Crippen molar-refractivity contribution in [3.63, 3.8) is 0 Å². The Morgan fingerprint density at radius 2 is 2.42 bits per heavy atom. The number of nitrogens with two attached hydrogens (primary N) is 1. The molecule has 2 rings (SSSR count). The maximum Gasteiger partial charge on any atom is 0.259 e. The Kier molecular flexibility index (Phi) is 1.86. The fourth-order valence-corrected chi connectivity index (χ4v) is 2.09. The lowest BCUT2D eigenvalue weighted by Gasteiger charge is -2.25. The summed E-state index contributed by atoms with van der Waals surface area (Å²) < 4.78 is 5.05. The topological polar surface area (TPSA) is 52.3 Å². The summed E-state index contributed by atoms with van der Waals surface area (Å²) in [5, 5.41) is 1.90. The van der Waals surface area contributed by atoms with Crippen LogP contribution in [0.25, 0.3) is 0 Å². The number of ether oxygens (including phenoxy) is 1. The molecule has 0 unspecified atom stereocenters. The Balaban J connectivity index is 2.29. The van der Waals surface area contributed by atoms with E-state index in [4.69, 9.17) is 10.5 Å². The van der Waals surface area contributed by atoms with Gasteiger partial charge < -0.3 is 10.5 Å². The van der Waals surface area contributed by atoms with Crippen LogP contribution < -0.4 is 5.73 Å². The summed E-state index contributed by atoms with van der Waals surface area (Å²) in [6.07, 6.45) is 0. The predicted molar refractivity (Wildman–Crippen MR) is 46.4 cm³/mol. The van der Waals surface area contributed by atoms with Gasteiger partial charge in [0.25, 0.3) is 5.91 Å². The maximum absolute atomic E-state index is 10.9. The average Bonchev–Trinajstić information content (AvgIpc) is 2.31. The number of hydrogen-bond acceptors (Lipinski definition) is 3. The first kappa shape index (κ1) is 7.76. The van der Waals surface area contributed by atoms with Crippen molar-refractivity contribution in [1.29, 1.82) is 0 Å². The standard InChI is InChI=1S/C8H9NO2S/c9-8(10)7-6(1-2-12-7)5-3-11-4-5/h1-2,5H,3-4H2,(H2,9,10). The van der Waals surface area contributed by atoms with E-state index in [1.165, 1.54) is 11.3 Å². The molecule has 0 spiro atoms. The molecule has 0 saturated carbocycles. The SMILES string of the molecule is NC(=O)c1sccc1C1COC1. The van der Waals surface area contributed by atoms with E-state index < -0.39 is 0 Å². The van der Waals surface area contributed by atoms with Gasteiger partial charge in [-0.3, -0.25) is 4.79 Å². The van der Waals surface area contributed by atoms with E-state index in [9.17, 15) is 4.79 Å². The van der Waals surface area contributed by atoms with Gasteiger partial charge >= 0.3 is 0 Å². The first-order chi connectivity index (χ1) is 5.79. The molecule has 1 fully saturated rings. The number of carbonyl (C=O) groups excluding carboxylic acids is 1. The van der Waals surface area contributed by atoms with Gasteiger partial charge in [0.15, 0.2) is 0 Å². The highest BCUT2D eigenvalue weighted by atomic mass is 32.1. The third-order valence-electron chi connectivity index (χ3n) is 2.00. The van der Waals surface area contributed by atoms with Crippen LogP contribution in [0.2, 0.25) is 0 Å². The molecule has 1 aromatic rings. The lowest BCUT2D eigenvalue weighted by Crippen LogP contribution is -2.26. The molecule has 3 nitrogen and oxygen atoms in total. The monoisotopic (exact) mass is 183 g/mol. The minimum Gasteiger partial charge on any atom is -0.380 e. The molecule has 1 amide bonds. The van der Waals surface area contributed by atoms with Gasteiger partial charge in [0.2, 0.25) is 0 Å². The summed E-state index contributed by atoms with van der Waals surface area (Å²) in [6.45, 7) is 1.44. The summed E-state index contributed by atoms with van der Waals surface area (Å²) in [6, 6.07) is 1.96. The second-order valence-corrected chi connectivity index (χ2v) is 3.72. The third kappa shape index (κ3) is 1.13. The molecule has 64 valence electrons.